The summed E-state index contributed by atoms with van der Waals surface area (Å²) in [4.78, 5) is 0. The van der Waals surface area contributed by atoms with Crippen molar-refractivity contribution in [3.63, 3.8) is 0 Å². The Morgan fingerprint density at radius 3 is 1.80 bits per heavy atom. The van der Waals surface area contributed by atoms with Crippen molar-refractivity contribution in [2.45, 2.75) is 93.3 Å². The van der Waals surface area contributed by atoms with E-state index in [1.165, 1.54) is 19.0 Å². The Morgan fingerprint density at radius 1 is 1.04 bits per heavy atom. The van der Waals surface area contributed by atoms with E-state index in [0.29, 0.717) is 0 Å². The summed E-state index contributed by atoms with van der Waals surface area (Å²) in [5, 5.41) is 9.65. The zero-order valence-corrected chi connectivity index (χ0v) is 17.7. The van der Waals surface area contributed by atoms with Gasteiger partial charge in [-0.15, -0.1) is 26.3 Å². The lowest BCUT2D eigenvalue weighted by atomic mass is 9.95. The quantitative estimate of drug-likeness (QED) is 0.560. The van der Waals surface area contributed by atoms with Gasteiger partial charge in [0.2, 0.25) is 0 Å². The smallest absolute Gasteiger partial charge is 0.0834 e. The SMILES string of the molecule is C.C/C=C(\C)CCOC1CCCCC1O.C=C.C=C.CC.CC.CN. The van der Waals surface area contributed by atoms with Gasteiger partial charge in [-0.1, -0.05) is 59.6 Å². The summed E-state index contributed by atoms with van der Waals surface area (Å²) in [6.45, 7) is 24.9. The molecular weight excluding hydrogens is 310 g/mol. The summed E-state index contributed by atoms with van der Waals surface area (Å²) < 4.78 is 5.68. The van der Waals surface area contributed by atoms with Crippen molar-refractivity contribution in [2.75, 3.05) is 13.7 Å². The second-order valence-electron chi connectivity index (χ2n) is 4.15. The predicted octanol–water partition coefficient (Wildman–Crippen LogP) is 6.53. The number of aliphatic hydroxyl groups excluding tert-OH is 1. The van der Waals surface area contributed by atoms with Crippen molar-refractivity contribution in [3.8, 4) is 0 Å². The van der Waals surface area contributed by atoms with Crippen LogP contribution in [0.1, 0.15) is 81.1 Å². The molecule has 0 aliphatic heterocycles. The van der Waals surface area contributed by atoms with Gasteiger partial charge in [0.1, 0.15) is 0 Å². The summed E-state index contributed by atoms with van der Waals surface area (Å²) >= 11 is 0. The molecule has 0 radical (unpaired) electrons. The monoisotopic (exact) mass is 361 g/mol. The zero-order chi connectivity index (χ0) is 20.4. The Labute approximate surface area is 161 Å². The van der Waals surface area contributed by atoms with E-state index in [1.807, 2.05) is 34.6 Å². The zero-order valence-electron chi connectivity index (χ0n) is 17.7. The van der Waals surface area contributed by atoms with Gasteiger partial charge in [0.05, 0.1) is 18.8 Å². The van der Waals surface area contributed by atoms with Gasteiger partial charge >= 0.3 is 0 Å². The van der Waals surface area contributed by atoms with Crippen LogP contribution in [0.2, 0.25) is 0 Å². The molecule has 1 saturated carbocycles. The Balaban J connectivity index is -0.0000000708. The third-order valence-corrected chi connectivity index (χ3v) is 2.99. The normalized spacial score (nSPS) is 17.4. The molecule has 1 fully saturated rings. The van der Waals surface area contributed by atoms with E-state index in [2.05, 4.69) is 45.0 Å². The molecule has 0 heterocycles. The molecule has 2 unspecified atom stereocenters. The summed E-state index contributed by atoms with van der Waals surface area (Å²) in [6, 6.07) is 0. The molecule has 0 aromatic heterocycles. The van der Waals surface area contributed by atoms with Gasteiger partial charge in [0.15, 0.2) is 0 Å². The highest BCUT2D eigenvalue weighted by Gasteiger charge is 2.23. The molecule has 156 valence electrons. The number of hydrogen-bond acceptors (Lipinski definition) is 3. The third kappa shape index (κ3) is 31.4. The second-order valence-corrected chi connectivity index (χ2v) is 4.15. The van der Waals surface area contributed by atoms with Crippen molar-refractivity contribution < 1.29 is 9.84 Å². The molecule has 1 aliphatic rings. The number of nitrogens with two attached hydrogens (primary N) is 1. The minimum absolute atomic E-state index is 0. The fourth-order valence-electron chi connectivity index (χ4n) is 1.79. The van der Waals surface area contributed by atoms with Gasteiger partial charge in [0, 0.05) is 0 Å². The van der Waals surface area contributed by atoms with Gasteiger partial charge in [-0.05, 0) is 40.2 Å². The van der Waals surface area contributed by atoms with Crippen LogP contribution in [0.5, 0.6) is 0 Å². The molecule has 1 aliphatic carbocycles. The van der Waals surface area contributed by atoms with Gasteiger partial charge in [0.25, 0.3) is 0 Å². The first kappa shape index (κ1) is 39.3. The maximum absolute atomic E-state index is 9.65. The van der Waals surface area contributed by atoms with Crippen LogP contribution in [0.25, 0.3) is 0 Å². The molecule has 0 aromatic rings. The van der Waals surface area contributed by atoms with E-state index in [9.17, 15) is 5.11 Å². The van der Waals surface area contributed by atoms with Crippen molar-refractivity contribution in [1.82, 2.24) is 0 Å². The molecule has 0 amide bonds. The van der Waals surface area contributed by atoms with Crippen LogP contribution in [0.4, 0.5) is 0 Å². The molecule has 3 heteroatoms. The maximum Gasteiger partial charge on any atom is 0.0834 e. The van der Waals surface area contributed by atoms with E-state index >= 15 is 0 Å². The van der Waals surface area contributed by atoms with Gasteiger partial charge in [-0.3, -0.25) is 0 Å². The number of allylic oxidation sites excluding steroid dienone is 1. The van der Waals surface area contributed by atoms with Crippen LogP contribution in [0.15, 0.2) is 38.0 Å². The molecular formula is C22H51NO2. The summed E-state index contributed by atoms with van der Waals surface area (Å²) in [5.74, 6) is 0. The average Bonchev–Trinajstić information content (AvgIpc) is 2.71. The highest BCUT2D eigenvalue weighted by molar-refractivity contribution is 4.95. The lowest BCUT2D eigenvalue weighted by Crippen LogP contribution is -2.32. The van der Waals surface area contributed by atoms with Crippen LogP contribution < -0.4 is 5.73 Å². The molecule has 3 N–H and O–H groups in total. The van der Waals surface area contributed by atoms with Crippen LogP contribution in [0.3, 0.4) is 0 Å². The topological polar surface area (TPSA) is 55.5 Å². The standard InChI is InChI=1S/C12H22O2.2C2H6.2C2H4.CH5N.CH4/c1-3-10(2)8-9-14-12-7-5-4-6-11(12)13;5*1-2;/h3,11-13H,4-9H2,1-2H3;2*1-2H3;2*1-2H2;2H2,1H3;1H4/b10-3+;;;;;;. The Morgan fingerprint density at radius 2 is 1.44 bits per heavy atom. The minimum Gasteiger partial charge on any atom is -0.390 e. The fraction of sp³-hybridized carbons (Fsp3) is 0.727. The van der Waals surface area contributed by atoms with Gasteiger partial charge < -0.3 is 15.6 Å². The Bertz CT molecular complexity index is 216. The van der Waals surface area contributed by atoms with Crippen LogP contribution in [0, 0.1) is 0 Å². The molecule has 0 spiro atoms. The van der Waals surface area contributed by atoms with E-state index in [1.54, 1.807) is 0 Å². The van der Waals surface area contributed by atoms with E-state index < -0.39 is 0 Å². The highest BCUT2D eigenvalue weighted by atomic mass is 16.5. The molecule has 0 saturated heterocycles. The molecule has 25 heavy (non-hydrogen) atoms. The van der Waals surface area contributed by atoms with Crippen LogP contribution in [-0.4, -0.2) is 31.0 Å². The fourth-order valence-corrected chi connectivity index (χ4v) is 1.79. The first-order chi connectivity index (χ1) is 11.7. The summed E-state index contributed by atoms with van der Waals surface area (Å²) in [5.41, 5.74) is 5.86. The lowest BCUT2D eigenvalue weighted by Gasteiger charge is -2.27. The number of ether oxygens (including phenoxy) is 1. The largest absolute Gasteiger partial charge is 0.390 e. The molecule has 2 atom stereocenters. The van der Waals surface area contributed by atoms with Gasteiger partial charge in [-0.25, -0.2) is 0 Å². The Hall–Kier alpha value is -0.900. The molecule has 3 nitrogen and oxygen atoms in total. The van der Waals surface area contributed by atoms with Crippen molar-refractivity contribution in [1.29, 1.82) is 0 Å². The van der Waals surface area contributed by atoms with Crippen molar-refractivity contribution in [3.05, 3.63) is 38.0 Å². The summed E-state index contributed by atoms with van der Waals surface area (Å²) in [7, 11) is 1.50. The van der Waals surface area contributed by atoms with Crippen LogP contribution in [-0.2, 0) is 4.74 Å². The predicted molar refractivity (Wildman–Crippen MR) is 120 cm³/mol. The number of hydrogen-bond donors (Lipinski definition) is 2. The van der Waals surface area contributed by atoms with E-state index in [4.69, 9.17) is 4.74 Å². The first-order valence-corrected chi connectivity index (χ1v) is 9.23. The second kappa shape index (κ2) is 43.5. The lowest BCUT2D eigenvalue weighted by molar-refractivity contribution is -0.0575. The number of rotatable bonds is 4. The maximum atomic E-state index is 9.65. The highest BCUT2D eigenvalue weighted by Crippen LogP contribution is 2.21. The first-order valence-electron chi connectivity index (χ1n) is 9.23. The van der Waals surface area contributed by atoms with Crippen molar-refractivity contribution >= 4 is 0 Å². The molecule has 0 bridgehead atoms. The van der Waals surface area contributed by atoms with Gasteiger partial charge in [-0.2, -0.15) is 0 Å². The Kier molecular flexibility index (Phi) is 68.3. The van der Waals surface area contributed by atoms with Crippen molar-refractivity contribution in [2.24, 2.45) is 5.73 Å². The summed E-state index contributed by atoms with van der Waals surface area (Å²) in [6.07, 6.45) is 7.24. The molecule has 1 rings (SSSR count). The van der Waals surface area contributed by atoms with E-state index in [-0.39, 0.29) is 19.6 Å². The van der Waals surface area contributed by atoms with Crippen LogP contribution >= 0.6 is 0 Å². The minimum atomic E-state index is -0.227. The molecule has 0 aromatic carbocycles. The average molecular weight is 362 g/mol. The number of aliphatic hydroxyl groups is 1. The third-order valence-electron chi connectivity index (χ3n) is 2.99. The van der Waals surface area contributed by atoms with E-state index in [0.717, 1.165) is 32.3 Å².